The standard InChI is InChI=1S/C17H29N2O/c1-2-19-10-4-6-13-12-18-15(8-3-9-16(18)20)14(17(13)19)7-5-11-19/h13-15,17H,2-12H2,1H3/q+1/t13-,14-,15-,17-,19+/m1/s1. The highest BCUT2D eigenvalue weighted by atomic mass is 16.2. The molecule has 3 nitrogen and oxygen atoms in total. The Balaban J connectivity index is 1.70. The Morgan fingerprint density at radius 1 is 1.15 bits per heavy atom. The van der Waals surface area contributed by atoms with Crippen LogP contribution in [0.5, 0.6) is 0 Å². The molecule has 0 aromatic heterocycles. The molecule has 4 saturated heterocycles. The molecule has 0 aliphatic carbocycles. The van der Waals surface area contributed by atoms with E-state index < -0.39 is 0 Å². The summed E-state index contributed by atoms with van der Waals surface area (Å²) in [5, 5.41) is 0. The van der Waals surface area contributed by atoms with Crippen molar-refractivity contribution >= 4 is 5.91 Å². The van der Waals surface area contributed by atoms with Crippen molar-refractivity contribution in [3.63, 3.8) is 0 Å². The number of quaternary nitrogens is 1. The smallest absolute Gasteiger partial charge is 0.222 e. The van der Waals surface area contributed by atoms with Crippen molar-refractivity contribution in [1.82, 2.24) is 4.90 Å². The minimum absolute atomic E-state index is 0.463. The van der Waals surface area contributed by atoms with Gasteiger partial charge in [-0.3, -0.25) is 4.79 Å². The van der Waals surface area contributed by atoms with Crippen molar-refractivity contribution in [2.24, 2.45) is 11.8 Å². The van der Waals surface area contributed by atoms with Gasteiger partial charge in [0.15, 0.2) is 0 Å². The first-order valence-corrected chi connectivity index (χ1v) is 8.90. The number of amides is 1. The summed E-state index contributed by atoms with van der Waals surface area (Å²) in [6.45, 7) is 7.63. The van der Waals surface area contributed by atoms with Crippen LogP contribution in [0.15, 0.2) is 0 Å². The minimum atomic E-state index is 0.463. The molecule has 4 fully saturated rings. The molecule has 0 saturated carbocycles. The van der Waals surface area contributed by atoms with Gasteiger partial charge in [0.2, 0.25) is 5.91 Å². The highest BCUT2D eigenvalue weighted by Crippen LogP contribution is 2.48. The fraction of sp³-hybridized carbons (Fsp3) is 0.941. The highest BCUT2D eigenvalue weighted by Gasteiger charge is 2.57. The molecule has 20 heavy (non-hydrogen) atoms. The molecular formula is C17H29N2O+. The molecule has 4 heterocycles. The van der Waals surface area contributed by atoms with Gasteiger partial charge >= 0.3 is 0 Å². The predicted molar refractivity (Wildman–Crippen MR) is 79.1 cm³/mol. The van der Waals surface area contributed by atoms with Crippen molar-refractivity contribution in [2.45, 2.75) is 64.0 Å². The van der Waals surface area contributed by atoms with Crippen LogP contribution in [0.3, 0.4) is 0 Å². The van der Waals surface area contributed by atoms with Crippen LogP contribution >= 0.6 is 0 Å². The molecule has 0 N–H and O–H groups in total. The molecule has 0 aromatic rings. The van der Waals surface area contributed by atoms with Crippen LogP contribution in [0, 0.1) is 11.8 Å². The molecule has 4 rings (SSSR count). The van der Waals surface area contributed by atoms with Crippen molar-refractivity contribution in [2.75, 3.05) is 26.2 Å². The van der Waals surface area contributed by atoms with E-state index in [1.54, 1.807) is 0 Å². The van der Waals surface area contributed by atoms with E-state index in [2.05, 4.69) is 11.8 Å². The fourth-order valence-corrected chi connectivity index (χ4v) is 6.29. The summed E-state index contributed by atoms with van der Waals surface area (Å²) in [5.74, 6) is 2.07. The lowest BCUT2D eigenvalue weighted by atomic mass is 9.66. The van der Waals surface area contributed by atoms with Crippen LogP contribution in [-0.2, 0) is 4.79 Å². The van der Waals surface area contributed by atoms with Crippen LogP contribution in [-0.4, -0.2) is 53.6 Å². The Morgan fingerprint density at radius 2 is 1.95 bits per heavy atom. The second-order valence-electron chi connectivity index (χ2n) is 7.69. The van der Waals surface area contributed by atoms with Crippen molar-refractivity contribution in [1.29, 1.82) is 0 Å². The number of fused-ring (bicyclic) bond motifs is 2. The molecule has 5 atom stereocenters. The molecule has 0 aromatic carbocycles. The average Bonchev–Trinajstić information content (AvgIpc) is 2.49. The second-order valence-corrected chi connectivity index (χ2v) is 7.69. The van der Waals surface area contributed by atoms with Gasteiger partial charge in [-0.1, -0.05) is 0 Å². The maximum absolute atomic E-state index is 12.3. The largest absolute Gasteiger partial charge is 0.339 e. The van der Waals surface area contributed by atoms with Crippen LogP contribution in [0.25, 0.3) is 0 Å². The zero-order valence-corrected chi connectivity index (χ0v) is 12.9. The van der Waals surface area contributed by atoms with Crippen molar-refractivity contribution in [3.8, 4) is 0 Å². The molecule has 4 aliphatic rings. The molecular weight excluding hydrogens is 248 g/mol. The minimum Gasteiger partial charge on any atom is -0.339 e. The van der Waals surface area contributed by atoms with E-state index in [0.717, 1.165) is 37.3 Å². The maximum atomic E-state index is 12.3. The third-order valence-electron chi connectivity index (χ3n) is 7.04. The lowest BCUT2D eigenvalue weighted by molar-refractivity contribution is -0.968. The van der Waals surface area contributed by atoms with Gasteiger partial charge in [-0.25, -0.2) is 0 Å². The Kier molecular flexibility index (Phi) is 3.10. The van der Waals surface area contributed by atoms with E-state index in [1.165, 1.54) is 56.2 Å². The number of rotatable bonds is 1. The van der Waals surface area contributed by atoms with Gasteiger partial charge in [-0.15, -0.1) is 0 Å². The van der Waals surface area contributed by atoms with Crippen LogP contribution in [0.2, 0.25) is 0 Å². The number of hydrogen-bond acceptors (Lipinski definition) is 1. The SMILES string of the molecule is CC[N@+]12CCC[C@@H]3CN4C(=O)CCC[C@@H]4[C@@H](CCC1)[C@@H]32. The molecule has 4 aliphatic heterocycles. The molecule has 0 unspecified atom stereocenters. The average molecular weight is 277 g/mol. The van der Waals surface area contributed by atoms with Crippen LogP contribution in [0.1, 0.15) is 51.9 Å². The summed E-state index contributed by atoms with van der Waals surface area (Å²) in [6.07, 6.45) is 8.76. The first-order chi connectivity index (χ1) is 9.75. The molecule has 0 spiro atoms. The summed E-state index contributed by atoms with van der Waals surface area (Å²) in [5.41, 5.74) is 0. The summed E-state index contributed by atoms with van der Waals surface area (Å²) < 4.78 is 1.40. The van der Waals surface area contributed by atoms with E-state index in [9.17, 15) is 4.79 Å². The van der Waals surface area contributed by atoms with E-state index >= 15 is 0 Å². The highest BCUT2D eigenvalue weighted by molar-refractivity contribution is 5.77. The summed E-state index contributed by atoms with van der Waals surface area (Å²) in [6, 6.07) is 1.48. The van der Waals surface area contributed by atoms with Gasteiger partial charge in [0.25, 0.3) is 0 Å². The van der Waals surface area contributed by atoms with Crippen molar-refractivity contribution < 1.29 is 9.28 Å². The van der Waals surface area contributed by atoms with Crippen molar-refractivity contribution in [3.05, 3.63) is 0 Å². The summed E-state index contributed by atoms with van der Waals surface area (Å²) in [7, 11) is 0. The Bertz CT molecular complexity index is 406. The zero-order chi connectivity index (χ0) is 13.7. The second kappa shape index (κ2) is 4.72. The first kappa shape index (κ1) is 13.1. The summed E-state index contributed by atoms with van der Waals surface area (Å²) in [4.78, 5) is 14.7. The van der Waals surface area contributed by atoms with Gasteiger partial charge < -0.3 is 9.38 Å². The Labute approximate surface area is 122 Å². The normalized spacial score (nSPS) is 47.6. The quantitative estimate of drug-likeness (QED) is 0.674. The number of carbonyl (C=O) groups is 1. The number of carbonyl (C=O) groups excluding carboxylic acids is 1. The zero-order valence-electron chi connectivity index (χ0n) is 12.9. The van der Waals surface area contributed by atoms with Gasteiger partial charge in [-0.2, -0.15) is 0 Å². The van der Waals surface area contributed by atoms with Crippen LogP contribution < -0.4 is 0 Å². The summed E-state index contributed by atoms with van der Waals surface area (Å²) >= 11 is 0. The maximum Gasteiger partial charge on any atom is 0.222 e. The van der Waals surface area contributed by atoms with Gasteiger partial charge in [0, 0.05) is 30.8 Å². The Hall–Kier alpha value is -0.570. The van der Waals surface area contributed by atoms with E-state index in [0.29, 0.717) is 11.9 Å². The number of piperidine rings is 4. The molecule has 112 valence electrons. The third kappa shape index (κ3) is 1.71. The monoisotopic (exact) mass is 277 g/mol. The lowest BCUT2D eigenvalue weighted by Crippen LogP contribution is -2.73. The molecule has 0 radical (unpaired) electrons. The first-order valence-electron chi connectivity index (χ1n) is 8.90. The topological polar surface area (TPSA) is 20.3 Å². The van der Waals surface area contributed by atoms with E-state index in [4.69, 9.17) is 0 Å². The molecule has 3 heteroatoms. The Morgan fingerprint density at radius 3 is 2.75 bits per heavy atom. The fourth-order valence-electron chi connectivity index (χ4n) is 6.29. The van der Waals surface area contributed by atoms with E-state index in [-0.39, 0.29) is 0 Å². The number of hydrogen-bond donors (Lipinski definition) is 0. The molecule has 1 amide bonds. The van der Waals surface area contributed by atoms with Gasteiger partial charge in [0.05, 0.1) is 25.7 Å². The van der Waals surface area contributed by atoms with E-state index in [1.807, 2.05) is 0 Å². The lowest BCUT2D eigenvalue weighted by Gasteiger charge is -2.62. The van der Waals surface area contributed by atoms with Crippen LogP contribution in [0.4, 0.5) is 0 Å². The van der Waals surface area contributed by atoms with Gasteiger partial charge in [-0.05, 0) is 45.4 Å². The molecule has 0 bridgehead atoms. The third-order valence-corrected chi connectivity index (χ3v) is 7.04. The van der Waals surface area contributed by atoms with Gasteiger partial charge in [0.1, 0.15) is 0 Å². The predicted octanol–water partition coefficient (Wildman–Crippen LogP) is 2.41. The number of nitrogens with zero attached hydrogens (tertiary/aromatic N) is 2.